The molecule has 6 nitrogen and oxygen atoms in total. The average Bonchev–Trinajstić information content (AvgIpc) is 3.31. The van der Waals surface area contributed by atoms with Gasteiger partial charge in [-0.05, 0) is 67.0 Å². The quantitative estimate of drug-likeness (QED) is 0.317. The first-order chi connectivity index (χ1) is 17.0. The first kappa shape index (κ1) is 23.3. The van der Waals surface area contributed by atoms with Gasteiger partial charge in [0.05, 0.1) is 10.6 Å². The molecule has 1 saturated carbocycles. The SMILES string of the molecule is Cc1cccc(-n2cc(-c3ccc(Cl)cc3)nc2NC(=O)CN(CC2CC2)C(=O)c2cccs2)c1. The predicted octanol–water partition coefficient (Wildman–Crippen LogP) is 6.05. The van der Waals surface area contributed by atoms with Crippen LogP contribution in [0.15, 0.2) is 72.2 Å². The molecule has 1 aliphatic rings. The van der Waals surface area contributed by atoms with Crippen LogP contribution in [0.3, 0.4) is 0 Å². The molecule has 0 radical (unpaired) electrons. The number of carbonyl (C=O) groups excluding carboxylic acids is 2. The number of hydrogen-bond donors (Lipinski definition) is 1. The number of nitrogens with zero attached hydrogens (tertiary/aromatic N) is 3. The number of benzene rings is 2. The smallest absolute Gasteiger partial charge is 0.264 e. The number of aromatic nitrogens is 2. The van der Waals surface area contributed by atoms with E-state index in [1.54, 1.807) is 11.0 Å². The van der Waals surface area contributed by atoms with Gasteiger partial charge in [0.15, 0.2) is 0 Å². The summed E-state index contributed by atoms with van der Waals surface area (Å²) in [6.45, 7) is 2.58. The zero-order chi connectivity index (χ0) is 24.4. The summed E-state index contributed by atoms with van der Waals surface area (Å²) in [5.41, 5.74) is 3.58. The topological polar surface area (TPSA) is 67.2 Å². The molecule has 0 unspecified atom stereocenters. The van der Waals surface area contributed by atoms with Gasteiger partial charge in [-0.3, -0.25) is 19.5 Å². The minimum atomic E-state index is -0.280. The summed E-state index contributed by atoms with van der Waals surface area (Å²) in [6, 6.07) is 19.1. The van der Waals surface area contributed by atoms with Crippen LogP contribution in [-0.2, 0) is 4.79 Å². The highest BCUT2D eigenvalue weighted by Crippen LogP contribution is 2.31. The number of aryl methyl sites for hydroxylation is 1. The maximum atomic E-state index is 13.2. The highest BCUT2D eigenvalue weighted by Gasteiger charge is 2.29. The third-order valence-electron chi connectivity index (χ3n) is 5.91. The van der Waals surface area contributed by atoms with Crippen molar-refractivity contribution in [3.8, 4) is 16.9 Å². The van der Waals surface area contributed by atoms with Gasteiger partial charge in [0.25, 0.3) is 5.91 Å². The Kier molecular flexibility index (Phi) is 6.70. The van der Waals surface area contributed by atoms with Gasteiger partial charge in [0.2, 0.25) is 11.9 Å². The van der Waals surface area contributed by atoms with Crippen molar-refractivity contribution in [2.75, 3.05) is 18.4 Å². The second kappa shape index (κ2) is 10.1. The molecular formula is C27H25ClN4O2S. The van der Waals surface area contributed by atoms with Crippen LogP contribution in [-0.4, -0.2) is 39.4 Å². The van der Waals surface area contributed by atoms with E-state index in [4.69, 9.17) is 16.6 Å². The monoisotopic (exact) mass is 504 g/mol. The summed E-state index contributed by atoms with van der Waals surface area (Å²) in [4.78, 5) is 33.2. The van der Waals surface area contributed by atoms with Crippen LogP contribution < -0.4 is 5.32 Å². The summed E-state index contributed by atoms with van der Waals surface area (Å²) in [5, 5.41) is 5.47. The molecule has 2 heterocycles. The first-order valence-electron chi connectivity index (χ1n) is 11.5. The Hall–Kier alpha value is -3.42. The molecule has 2 amide bonds. The fourth-order valence-electron chi connectivity index (χ4n) is 3.93. The minimum Gasteiger partial charge on any atom is -0.328 e. The van der Waals surface area contributed by atoms with Gasteiger partial charge in [-0.1, -0.05) is 41.9 Å². The van der Waals surface area contributed by atoms with Gasteiger partial charge in [0, 0.05) is 29.0 Å². The molecule has 5 rings (SSSR count). The summed E-state index contributed by atoms with van der Waals surface area (Å²) in [7, 11) is 0. The molecule has 178 valence electrons. The van der Waals surface area contributed by atoms with Gasteiger partial charge >= 0.3 is 0 Å². The van der Waals surface area contributed by atoms with Crippen LogP contribution in [0.1, 0.15) is 28.1 Å². The van der Waals surface area contributed by atoms with E-state index in [0.29, 0.717) is 34.0 Å². The van der Waals surface area contributed by atoms with E-state index in [-0.39, 0.29) is 18.4 Å². The number of halogens is 1. The molecule has 2 aromatic heterocycles. The Labute approximate surface area is 213 Å². The second-order valence-corrected chi connectivity index (χ2v) is 10.2. The Morgan fingerprint density at radius 2 is 1.94 bits per heavy atom. The molecule has 0 bridgehead atoms. The molecule has 0 spiro atoms. The standard InChI is InChI=1S/C27H25ClN4O2S/c1-18-4-2-5-22(14-18)32-16-23(20-9-11-21(28)12-10-20)29-27(32)30-25(33)17-31(15-19-7-8-19)26(34)24-6-3-13-35-24/h2-6,9-14,16,19H,7-8,15,17H2,1H3,(H,29,30,33). The number of carbonyl (C=O) groups is 2. The van der Waals surface area contributed by atoms with E-state index in [2.05, 4.69) is 5.32 Å². The summed E-state index contributed by atoms with van der Waals surface area (Å²) in [5.74, 6) is 0.488. The van der Waals surface area contributed by atoms with Crippen LogP contribution in [0, 0.1) is 12.8 Å². The molecule has 1 N–H and O–H groups in total. The molecule has 35 heavy (non-hydrogen) atoms. The van der Waals surface area contributed by atoms with Crippen molar-refractivity contribution >= 4 is 40.7 Å². The fourth-order valence-corrected chi connectivity index (χ4v) is 4.74. The molecule has 0 atom stereocenters. The van der Waals surface area contributed by atoms with Crippen LogP contribution in [0.2, 0.25) is 5.02 Å². The molecule has 0 saturated heterocycles. The molecule has 1 aliphatic carbocycles. The third kappa shape index (κ3) is 5.63. The lowest BCUT2D eigenvalue weighted by molar-refractivity contribution is -0.117. The van der Waals surface area contributed by atoms with Gasteiger partial charge in [-0.2, -0.15) is 0 Å². The summed E-state index contributed by atoms with van der Waals surface area (Å²) < 4.78 is 1.86. The molecule has 4 aromatic rings. The number of hydrogen-bond acceptors (Lipinski definition) is 4. The highest BCUT2D eigenvalue weighted by molar-refractivity contribution is 7.12. The number of rotatable bonds is 8. The lowest BCUT2D eigenvalue weighted by atomic mass is 10.2. The molecule has 8 heteroatoms. The van der Waals surface area contributed by atoms with Crippen LogP contribution in [0.25, 0.3) is 16.9 Å². The Bertz CT molecular complexity index is 1340. The average molecular weight is 505 g/mol. The second-order valence-electron chi connectivity index (χ2n) is 8.82. The van der Waals surface area contributed by atoms with E-state index < -0.39 is 0 Å². The van der Waals surface area contributed by atoms with Gasteiger partial charge in [-0.15, -0.1) is 11.3 Å². The number of imidazole rings is 1. The highest BCUT2D eigenvalue weighted by atomic mass is 35.5. The van der Waals surface area contributed by atoms with Gasteiger partial charge in [0.1, 0.15) is 6.54 Å². The largest absolute Gasteiger partial charge is 0.328 e. The van der Waals surface area contributed by atoms with Crippen molar-refractivity contribution in [2.24, 2.45) is 5.92 Å². The van der Waals surface area contributed by atoms with Gasteiger partial charge < -0.3 is 4.90 Å². The van der Waals surface area contributed by atoms with Crippen molar-refractivity contribution < 1.29 is 9.59 Å². The normalized spacial score (nSPS) is 13.0. The predicted molar refractivity (Wildman–Crippen MR) is 140 cm³/mol. The van der Waals surface area contributed by atoms with Crippen LogP contribution in [0.4, 0.5) is 5.95 Å². The van der Waals surface area contributed by atoms with E-state index in [1.807, 2.05) is 77.7 Å². The molecule has 1 fully saturated rings. The van der Waals surface area contributed by atoms with Crippen LogP contribution in [0.5, 0.6) is 0 Å². The van der Waals surface area contributed by atoms with Crippen molar-refractivity contribution in [2.45, 2.75) is 19.8 Å². The molecule has 2 aromatic carbocycles. The van der Waals surface area contributed by atoms with Crippen molar-refractivity contribution in [3.05, 3.63) is 87.7 Å². The fraction of sp³-hybridized carbons (Fsp3) is 0.222. The number of nitrogens with one attached hydrogen (secondary N) is 1. The van der Waals surface area contributed by atoms with E-state index in [1.165, 1.54) is 11.3 Å². The number of thiophene rings is 1. The Morgan fingerprint density at radius 1 is 1.14 bits per heavy atom. The lowest BCUT2D eigenvalue weighted by Crippen LogP contribution is -2.39. The van der Waals surface area contributed by atoms with E-state index in [0.717, 1.165) is 29.7 Å². The number of anilines is 1. The van der Waals surface area contributed by atoms with Crippen molar-refractivity contribution in [1.29, 1.82) is 0 Å². The summed E-state index contributed by atoms with van der Waals surface area (Å²) >= 11 is 7.45. The first-order valence-corrected chi connectivity index (χ1v) is 12.8. The van der Waals surface area contributed by atoms with Crippen LogP contribution >= 0.6 is 22.9 Å². The van der Waals surface area contributed by atoms with Gasteiger partial charge in [-0.25, -0.2) is 4.98 Å². The third-order valence-corrected chi connectivity index (χ3v) is 7.02. The van der Waals surface area contributed by atoms with Crippen molar-refractivity contribution in [1.82, 2.24) is 14.5 Å². The molecule has 0 aliphatic heterocycles. The maximum absolute atomic E-state index is 13.2. The summed E-state index contributed by atoms with van der Waals surface area (Å²) in [6.07, 6.45) is 4.09. The zero-order valence-electron chi connectivity index (χ0n) is 19.3. The Balaban J connectivity index is 1.41. The minimum absolute atomic E-state index is 0.0236. The van der Waals surface area contributed by atoms with Crippen molar-refractivity contribution in [3.63, 3.8) is 0 Å². The lowest BCUT2D eigenvalue weighted by Gasteiger charge is -2.21. The maximum Gasteiger partial charge on any atom is 0.264 e. The number of amides is 2. The molecular weight excluding hydrogens is 480 g/mol. The van der Waals surface area contributed by atoms with E-state index in [9.17, 15) is 9.59 Å². The van der Waals surface area contributed by atoms with E-state index >= 15 is 0 Å². The zero-order valence-corrected chi connectivity index (χ0v) is 20.9. The Morgan fingerprint density at radius 3 is 2.63 bits per heavy atom.